The molecule has 9 aromatic carbocycles. The molecule has 95 heavy (non-hydrogen) atoms. The van der Waals surface area contributed by atoms with Crippen LogP contribution in [0.4, 0.5) is 0 Å². The second-order valence-electron chi connectivity index (χ2n) is 23.3. The SMILES string of the molecule is C=Cc1ccc(C(=O)O)cc1.C=Cc1ccc(Cn2c(CN(Cc3nc4ccccc4n3Cc3ccc(C=C)cc3)CC(O)CN(Cc3nc4ccccc4n3Cc3ccc(C=C)cc3)Cc3nc4ccccc4n3Cc3ccc(C=C)cc3)nc3ccccc32)cc1.[Mn].[Mn]. The molecule has 13 rings (SSSR count). The number of aliphatic hydroxyl groups is 1. The zero-order chi connectivity index (χ0) is 64.2. The van der Waals surface area contributed by atoms with E-state index in [-0.39, 0.29) is 34.1 Å². The largest absolute Gasteiger partial charge is 0.478 e. The van der Waals surface area contributed by atoms with E-state index in [0.29, 0.717) is 71.0 Å². The molecule has 0 saturated heterocycles. The number of carboxylic acids is 1. The van der Waals surface area contributed by atoms with Crippen molar-refractivity contribution in [3.05, 3.63) is 330 Å². The maximum atomic E-state index is 13.1. The summed E-state index contributed by atoms with van der Waals surface area (Å²) in [6, 6.07) is 74.1. The molecule has 0 unspecified atom stereocenters. The summed E-state index contributed by atoms with van der Waals surface area (Å²) in [4.78, 5) is 36.4. The van der Waals surface area contributed by atoms with Gasteiger partial charge in [-0.3, -0.25) is 9.80 Å². The summed E-state index contributed by atoms with van der Waals surface area (Å²) in [7, 11) is 0. The minimum atomic E-state index is -0.902. The average molecular weight is 1330 g/mol. The summed E-state index contributed by atoms with van der Waals surface area (Å²) < 4.78 is 9.27. The standard InChI is InChI=1S/C71H66N10O.C9H8O2.2Mn/c1-5-51-25-33-55(34-26-51)41-78-64-21-13-9-17-60(64)72-68(78)47-76(48-69-73-61-18-10-14-22-65(61)79(69)42-56-35-27-52(6-2)28-36-56)45-59(82)46-77(49-70-74-62-19-11-15-23-66(62)80(70)43-57-37-29-53(7-3)30-38-57)50-71-75-63-20-12-16-24-67(63)81(71)44-58-39-31-54(8-4)32-40-58;1-2-7-3-5-8(6-4-7)9(10)11;;/h5-40,59,82H,1-4,41-50H2;2-6H,1H2,(H,10,11);;. The van der Waals surface area contributed by atoms with Crippen molar-refractivity contribution < 1.29 is 49.1 Å². The Morgan fingerprint density at radius 2 is 0.579 bits per heavy atom. The topological polar surface area (TPSA) is 135 Å². The molecule has 0 fully saturated rings. The van der Waals surface area contributed by atoms with Crippen LogP contribution >= 0.6 is 0 Å². The summed E-state index contributed by atoms with van der Waals surface area (Å²) in [6.45, 7) is 24.4. The fraction of sp³-hybridized carbons (Fsp3) is 0.138. The van der Waals surface area contributed by atoms with Gasteiger partial charge in [0.1, 0.15) is 23.3 Å². The van der Waals surface area contributed by atoms with Crippen LogP contribution in [0.3, 0.4) is 0 Å². The zero-order valence-corrected chi connectivity index (χ0v) is 55.2. The Balaban J connectivity index is 0.000000689. The number of aliphatic hydroxyl groups excluding tert-OH is 1. The van der Waals surface area contributed by atoms with Gasteiger partial charge in [0.15, 0.2) is 0 Å². The molecular weight excluding hydrogens is 1260 g/mol. The van der Waals surface area contributed by atoms with E-state index in [1.807, 2.05) is 48.6 Å². The predicted molar refractivity (Wildman–Crippen MR) is 379 cm³/mol. The summed E-state index contributed by atoms with van der Waals surface area (Å²) in [5.74, 6) is 2.67. The van der Waals surface area contributed by atoms with Gasteiger partial charge in [0.25, 0.3) is 0 Å². The summed E-state index contributed by atoms with van der Waals surface area (Å²) in [6.07, 6.45) is 8.31. The van der Waals surface area contributed by atoms with Gasteiger partial charge in [-0.05, 0) is 111 Å². The summed E-state index contributed by atoms with van der Waals surface area (Å²) in [5.41, 5.74) is 18.0. The van der Waals surface area contributed by atoms with Crippen LogP contribution in [0.25, 0.3) is 74.5 Å². The molecule has 15 heteroatoms. The van der Waals surface area contributed by atoms with Crippen LogP contribution in [0.5, 0.6) is 0 Å². The first-order chi connectivity index (χ1) is 45.5. The molecule has 476 valence electrons. The molecule has 13 nitrogen and oxygen atoms in total. The quantitative estimate of drug-likeness (QED) is 0.0508. The predicted octanol–water partition coefficient (Wildman–Crippen LogP) is 15.9. The number of fused-ring (bicyclic) bond motifs is 4. The van der Waals surface area contributed by atoms with Crippen molar-refractivity contribution in [1.82, 2.24) is 48.0 Å². The van der Waals surface area contributed by atoms with E-state index in [0.717, 1.165) is 118 Å². The fourth-order valence-electron chi connectivity index (χ4n) is 12.0. The average Bonchev–Trinajstić information content (AvgIpc) is 1.69. The fourth-order valence-corrected chi connectivity index (χ4v) is 12.0. The Morgan fingerprint density at radius 1 is 0.358 bits per heavy atom. The minimum Gasteiger partial charge on any atom is -0.478 e. The molecule has 0 bridgehead atoms. The molecule has 0 aliphatic carbocycles. The number of hydrogen-bond acceptors (Lipinski definition) is 8. The second-order valence-corrected chi connectivity index (χ2v) is 23.3. The number of benzene rings is 9. The van der Waals surface area contributed by atoms with Gasteiger partial charge in [0.05, 0.1) is 82.0 Å². The third kappa shape index (κ3) is 16.3. The van der Waals surface area contributed by atoms with Gasteiger partial charge in [-0.25, -0.2) is 24.7 Å². The number of aromatic nitrogens is 8. The van der Waals surface area contributed by atoms with Gasteiger partial charge in [-0.1, -0.05) is 221 Å². The first-order valence-corrected chi connectivity index (χ1v) is 31.2. The molecule has 0 saturated carbocycles. The smallest absolute Gasteiger partial charge is 0.335 e. The third-order valence-corrected chi connectivity index (χ3v) is 17.0. The van der Waals surface area contributed by atoms with Crippen molar-refractivity contribution in [2.24, 2.45) is 0 Å². The normalized spacial score (nSPS) is 11.2. The van der Waals surface area contributed by atoms with Gasteiger partial charge in [0, 0.05) is 73.4 Å². The molecule has 0 amide bonds. The van der Waals surface area contributed by atoms with Crippen LogP contribution in [-0.2, 0) is 86.5 Å². The number of carbonyl (C=O) groups is 1. The van der Waals surface area contributed by atoms with Crippen molar-refractivity contribution in [3.63, 3.8) is 0 Å². The van der Waals surface area contributed by atoms with Crippen molar-refractivity contribution in [2.45, 2.75) is 58.5 Å². The van der Waals surface area contributed by atoms with Crippen LogP contribution in [0, 0.1) is 0 Å². The van der Waals surface area contributed by atoms with E-state index in [1.165, 1.54) is 0 Å². The number of nitrogens with zero attached hydrogens (tertiary/aromatic N) is 10. The Bertz CT molecular complexity index is 4260. The van der Waals surface area contributed by atoms with Crippen LogP contribution in [0.2, 0.25) is 0 Å². The van der Waals surface area contributed by atoms with Crippen LogP contribution in [-0.4, -0.2) is 83.4 Å². The maximum Gasteiger partial charge on any atom is 0.335 e. The number of rotatable bonds is 26. The van der Waals surface area contributed by atoms with E-state index in [1.54, 1.807) is 30.3 Å². The number of para-hydroxylation sites is 8. The van der Waals surface area contributed by atoms with E-state index in [4.69, 9.17) is 25.0 Å². The van der Waals surface area contributed by atoms with Crippen LogP contribution in [0.15, 0.2) is 251 Å². The molecule has 2 N–H and O–H groups in total. The van der Waals surface area contributed by atoms with Gasteiger partial charge < -0.3 is 28.5 Å². The van der Waals surface area contributed by atoms with Gasteiger partial charge in [-0.2, -0.15) is 0 Å². The Hall–Kier alpha value is -10.1. The number of imidazole rings is 4. The monoisotopic (exact) mass is 1330 g/mol. The van der Waals surface area contributed by atoms with Crippen LogP contribution < -0.4 is 0 Å². The first kappa shape index (κ1) is 67.8. The second kappa shape index (κ2) is 31.7. The van der Waals surface area contributed by atoms with Crippen molar-refractivity contribution >= 4 is 80.5 Å². The van der Waals surface area contributed by atoms with Crippen molar-refractivity contribution in [2.75, 3.05) is 13.1 Å². The Kier molecular flexibility index (Phi) is 22.6. The molecule has 2 radical (unpaired) electrons. The summed E-state index contributed by atoms with van der Waals surface area (Å²) >= 11 is 0. The molecule has 0 spiro atoms. The van der Waals surface area contributed by atoms with Crippen molar-refractivity contribution in [1.29, 1.82) is 0 Å². The van der Waals surface area contributed by atoms with E-state index >= 15 is 0 Å². The molecule has 0 aliphatic heterocycles. The molecule has 4 aromatic heterocycles. The third-order valence-electron chi connectivity index (χ3n) is 17.0. The number of aromatic carboxylic acids is 1. The maximum absolute atomic E-state index is 13.1. The van der Waals surface area contributed by atoms with E-state index in [2.05, 4.69) is 231 Å². The Labute approximate surface area is 575 Å². The minimum absolute atomic E-state index is 0. The van der Waals surface area contributed by atoms with Gasteiger partial charge in [0.2, 0.25) is 0 Å². The number of hydrogen-bond donors (Lipinski definition) is 2. The van der Waals surface area contributed by atoms with Crippen LogP contribution in [0.1, 0.15) is 83.7 Å². The van der Waals surface area contributed by atoms with Gasteiger partial charge >= 0.3 is 5.97 Å². The summed E-state index contributed by atoms with van der Waals surface area (Å²) in [5, 5.41) is 21.6. The van der Waals surface area contributed by atoms with E-state index < -0.39 is 12.1 Å². The molecular formula is C80H74Mn2N10O3. The molecule has 13 aromatic rings. The molecule has 4 heterocycles. The van der Waals surface area contributed by atoms with Gasteiger partial charge in [-0.15, -0.1) is 0 Å². The zero-order valence-electron chi connectivity index (χ0n) is 52.9. The van der Waals surface area contributed by atoms with E-state index in [9.17, 15) is 9.90 Å². The molecule has 0 atom stereocenters. The Morgan fingerprint density at radius 3 is 0.800 bits per heavy atom. The van der Waals surface area contributed by atoms with Crippen molar-refractivity contribution in [3.8, 4) is 0 Å². The number of carboxylic acid groups (broad SMARTS) is 1. The molecule has 0 aliphatic rings. The first-order valence-electron chi connectivity index (χ1n) is 31.2.